The van der Waals surface area contributed by atoms with Crippen molar-refractivity contribution in [3.8, 4) is 5.75 Å². The first-order valence-corrected chi connectivity index (χ1v) is 11.6. The molecule has 4 rings (SSSR count). The van der Waals surface area contributed by atoms with E-state index in [0.29, 0.717) is 24.5 Å². The van der Waals surface area contributed by atoms with E-state index in [1.807, 2.05) is 43.3 Å². The van der Waals surface area contributed by atoms with E-state index in [-0.39, 0.29) is 6.61 Å². The molecule has 0 unspecified atom stereocenters. The Morgan fingerprint density at radius 3 is 2.47 bits per heavy atom. The van der Waals surface area contributed by atoms with Crippen LogP contribution in [-0.2, 0) is 0 Å². The Labute approximate surface area is 197 Å². The third-order valence-electron chi connectivity index (χ3n) is 6.15. The number of anilines is 2. The van der Waals surface area contributed by atoms with Crippen LogP contribution in [0.5, 0.6) is 5.75 Å². The van der Waals surface area contributed by atoms with E-state index in [2.05, 4.69) is 10.6 Å². The molecule has 0 saturated heterocycles. The highest BCUT2D eigenvalue weighted by molar-refractivity contribution is 5.90. The van der Waals surface area contributed by atoms with Gasteiger partial charge >= 0.3 is 0 Å². The smallest absolute Gasteiger partial charge is 0.225 e. The zero-order chi connectivity index (χ0) is 24.1. The van der Waals surface area contributed by atoms with Crippen LogP contribution in [0.1, 0.15) is 25.7 Å². The van der Waals surface area contributed by atoms with Gasteiger partial charge in [0, 0.05) is 32.1 Å². The van der Waals surface area contributed by atoms with Crippen LogP contribution in [0.15, 0.2) is 36.4 Å². The molecule has 182 valence electrons. The van der Waals surface area contributed by atoms with Crippen LogP contribution >= 0.6 is 0 Å². The van der Waals surface area contributed by atoms with Crippen molar-refractivity contribution in [1.29, 1.82) is 0 Å². The summed E-state index contributed by atoms with van der Waals surface area (Å²) >= 11 is 0. The van der Waals surface area contributed by atoms with Crippen molar-refractivity contribution >= 4 is 22.7 Å². The minimum absolute atomic E-state index is 0.0572. The summed E-state index contributed by atoms with van der Waals surface area (Å²) in [5.74, 6) is -1.93. The minimum atomic E-state index is -1.29. The van der Waals surface area contributed by atoms with E-state index in [0.717, 1.165) is 61.1 Å². The summed E-state index contributed by atoms with van der Waals surface area (Å²) in [6.45, 7) is 1.27. The predicted molar refractivity (Wildman–Crippen MR) is 128 cm³/mol. The van der Waals surface area contributed by atoms with Gasteiger partial charge in [0.1, 0.15) is 12.4 Å². The molecule has 0 amide bonds. The van der Waals surface area contributed by atoms with Crippen molar-refractivity contribution in [2.24, 2.45) is 5.92 Å². The van der Waals surface area contributed by atoms with Crippen molar-refractivity contribution in [3.63, 3.8) is 0 Å². The second-order valence-electron chi connectivity index (χ2n) is 8.87. The van der Waals surface area contributed by atoms with E-state index < -0.39 is 23.2 Å². The van der Waals surface area contributed by atoms with Gasteiger partial charge in [0.05, 0.1) is 5.52 Å². The lowest BCUT2D eigenvalue weighted by Gasteiger charge is -2.29. The molecule has 1 aromatic heterocycles. The van der Waals surface area contributed by atoms with Crippen LogP contribution in [0, 0.1) is 23.4 Å². The SMILES string of the molecule is CN(C)c1nc(NC2CCC(CNCCOc3c(F)ccc(F)c3F)CC2)nc2ccccc12. The zero-order valence-corrected chi connectivity index (χ0v) is 19.5. The Morgan fingerprint density at radius 2 is 1.71 bits per heavy atom. The van der Waals surface area contributed by atoms with Gasteiger partial charge in [-0.1, -0.05) is 12.1 Å². The van der Waals surface area contributed by atoms with E-state index in [1.54, 1.807) is 0 Å². The standard InChI is InChI=1S/C25H30F3N5O/c1-33(2)24-18-5-3-4-6-21(18)31-25(32-24)30-17-9-7-16(8-10-17)15-29-13-14-34-23-20(27)12-11-19(26)22(23)28/h3-6,11-12,16-17,29H,7-10,13-15H2,1-2H3,(H,30,31,32). The highest BCUT2D eigenvalue weighted by atomic mass is 19.2. The predicted octanol–water partition coefficient (Wildman–Crippen LogP) is 4.75. The first-order chi connectivity index (χ1) is 16.4. The number of aromatic nitrogens is 2. The number of para-hydroxylation sites is 1. The van der Waals surface area contributed by atoms with Gasteiger partial charge in [0.25, 0.3) is 0 Å². The molecule has 0 atom stereocenters. The fourth-order valence-electron chi connectivity index (χ4n) is 4.33. The zero-order valence-electron chi connectivity index (χ0n) is 19.5. The van der Waals surface area contributed by atoms with Crippen LogP contribution in [-0.4, -0.2) is 49.8 Å². The molecular formula is C25H30F3N5O. The normalized spacial score (nSPS) is 18.1. The number of hydrogen-bond donors (Lipinski definition) is 2. The van der Waals surface area contributed by atoms with Crippen LogP contribution in [0.3, 0.4) is 0 Å². The monoisotopic (exact) mass is 473 g/mol. The van der Waals surface area contributed by atoms with Crippen molar-refractivity contribution < 1.29 is 17.9 Å². The summed E-state index contributed by atoms with van der Waals surface area (Å²) in [6.07, 6.45) is 4.12. The van der Waals surface area contributed by atoms with Gasteiger partial charge < -0.3 is 20.3 Å². The fourth-order valence-corrected chi connectivity index (χ4v) is 4.33. The van der Waals surface area contributed by atoms with Crippen LogP contribution in [0.2, 0.25) is 0 Å². The minimum Gasteiger partial charge on any atom is -0.486 e. The second kappa shape index (κ2) is 10.9. The molecule has 1 aliphatic rings. The van der Waals surface area contributed by atoms with Gasteiger partial charge in [-0.25, -0.2) is 13.8 Å². The van der Waals surface area contributed by atoms with Gasteiger partial charge in [-0.2, -0.15) is 9.37 Å². The Morgan fingerprint density at radius 1 is 0.971 bits per heavy atom. The number of nitrogens with one attached hydrogen (secondary N) is 2. The molecule has 9 heteroatoms. The molecule has 3 aromatic rings. The lowest BCUT2D eigenvalue weighted by Crippen LogP contribution is -2.33. The number of rotatable bonds is 9. The molecule has 1 heterocycles. The lowest BCUT2D eigenvalue weighted by molar-refractivity contribution is 0.266. The summed E-state index contributed by atoms with van der Waals surface area (Å²) in [4.78, 5) is 11.4. The molecule has 2 N–H and O–H groups in total. The Bertz CT molecular complexity index is 1120. The topological polar surface area (TPSA) is 62.3 Å². The molecule has 6 nitrogen and oxygen atoms in total. The average Bonchev–Trinajstić information content (AvgIpc) is 2.83. The number of nitrogens with zero attached hydrogens (tertiary/aromatic N) is 3. The Balaban J connectivity index is 1.21. The maximum absolute atomic E-state index is 13.6. The summed E-state index contributed by atoms with van der Waals surface area (Å²) in [6, 6.07) is 9.92. The number of fused-ring (bicyclic) bond motifs is 1. The highest BCUT2D eigenvalue weighted by Gasteiger charge is 2.22. The van der Waals surface area contributed by atoms with Gasteiger partial charge in [0.2, 0.25) is 11.8 Å². The molecule has 34 heavy (non-hydrogen) atoms. The van der Waals surface area contributed by atoms with Gasteiger partial charge in [0.15, 0.2) is 17.4 Å². The summed E-state index contributed by atoms with van der Waals surface area (Å²) < 4.78 is 45.5. The van der Waals surface area contributed by atoms with Crippen molar-refractivity contribution in [2.45, 2.75) is 31.7 Å². The summed E-state index contributed by atoms with van der Waals surface area (Å²) in [7, 11) is 3.96. The molecular weight excluding hydrogens is 443 g/mol. The molecule has 2 aromatic carbocycles. The molecule has 1 fully saturated rings. The third kappa shape index (κ3) is 5.70. The van der Waals surface area contributed by atoms with Gasteiger partial charge in [-0.15, -0.1) is 0 Å². The highest BCUT2D eigenvalue weighted by Crippen LogP contribution is 2.28. The van der Waals surface area contributed by atoms with Crippen molar-refractivity contribution in [1.82, 2.24) is 15.3 Å². The van der Waals surface area contributed by atoms with E-state index in [9.17, 15) is 13.2 Å². The number of benzene rings is 2. The van der Waals surface area contributed by atoms with Crippen LogP contribution < -0.4 is 20.3 Å². The maximum Gasteiger partial charge on any atom is 0.225 e. The van der Waals surface area contributed by atoms with Crippen molar-refractivity contribution in [2.75, 3.05) is 44.0 Å². The largest absolute Gasteiger partial charge is 0.486 e. The summed E-state index contributed by atoms with van der Waals surface area (Å²) in [5.41, 5.74) is 0.918. The number of ether oxygens (including phenoxy) is 1. The fraction of sp³-hybridized carbons (Fsp3) is 0.440. The average molecular weight is 474 g/mol. The Hall–Kier alpha value is -3.07. The third-order valence-corrected chi connectivity index (χ3v) is 6.15. The van der Waals surface area contributed by atoms with E-state index >= 15 is 0 Å². The van der Waals surface area contributed by atoms with Gasteiger partial charge in [-0.05, 0) is 62.4 Å². The van der Waals surface area contributed by atoms with E-state index in [4.69, 9.17) is 14.7 Å². The lowest BCUT2D eigenvalue weighted by atomic mass is 9.86. The van der Waals surface area contributed by atoms with Gasteiger partial charge in [-0.3, -0.25) is 0 Å². The van der Waals surface area contributed by atoms with Crippen LogP contribution in [0.4, 0.5) is 24.9 Å². The Kier molecular flexibility index (Phi) is 7.72. The van der Waals surface area contributed by atoms with E-state index in [1.165, 1.54) is 0 Å². The molecule has 0 spiro atoms. The number of hydrogen-bond acceptors (Lipinski definition) is 6. The maximum atomic E-state index is 13.6. The molecule has 1 saturated carbocycles. The molecule has 1 aliphatic carbocycles. The van der Waals surface area contributed by atoms with Crippen molar-refractivity contribution in [3.05, 3.63) is 53.8 Å². The summed E-state index contributed by atoms with van der Waals surface area (Å²) in [5, 5.41) is 7.80. The molecule has 0 aliphatic heterocycles. The van der Waals surface area contributed by atoms with Crippen LogP contribution in [0.25, 0.3) is 10.9 Å². The molecule has 0 bridgehead atoms. The quantitative estimate of drug-likeness (QED) is 0.345. The molecule has 0 radical (unpaired) electrons. The first kappa shape index (κ1) is 24.1. The second-order valence-corrected chi connectivity index (χ2v) is 8.87. The number of halogens is 3. The first-order valence-electron chi connectivity index (χ1n) is 11.6.